The highest BCUT2D eigenvalue weighted by Gasteiger charge is 2.34. The third kappa shape index (κ3) is 4.16. The normalized spacial score (nSPS) is 15.5. The molecule has 0 saturated carbocycles. The van der Waals surface area contributed by atoms with Gasteiger partial charge in [0.05, 0.1) is 31.3 Å². The number of aromatic nitrogens is 2. The van der Waals surface area contributed by atoms with E-state index < -0.39 is 0 Å². The van der Waals surface area contributed by atoms with Crippen molar-refractivity contribution < 1.29 is 14.3 Å². The lowest BCUT2D eigenvalue weighted by molar-refractivity contribution is -0.119. The van der Waals surface area contributed by atoms with Crippen molar-refractivity contribution in [3.05, 3.63) is 48.7 Å². The highest BCUT2D eigenvalue weighted by Crippen LogP contribution is 2.39. The molecule has 8 heteroatoms. The second-order valence-corrected chi connectivity index (χ2v) is 8.23. The summed E-state index contributed by atoms with van der Waals surface area (Å²) in [6, 6.07) is 13.3. The van der Waals surface area contributed by atoms with Crippen LogP contribution in [0.5, 0.6) is 11.5 Å². The first-order valence-electron chi connectivity index (χ1n) is 10.9. The minimum Gasteiger partial charge on any atom is -0.497 e. The number of rotatable bonds is 6. The van der Waals surface area contributed by atoms with Crippen LogP contribution in [0.15, 0.2) is 48.7 Å². The predicted molar refractivity (Wildman–Crippen MR) is 131 cm³/mol. The number of ether oxygens (including phenoxy) is 2. The van der Waals surface area contributed by atoms with E-state index in [0.29, 0.717) is 17.4 Å². The van der Waals surface area contributed by atoms with Crippen LogP contribution in [0.25, 0.3) is 11.3 Å². The molecule has 3 aromatic rings. The molecule has 8 nitrogen and oxygen atoms in total. The molecule has 1 atom stereocenters. The molecule has 4 rings (SSSR count). The van der Waals surface area contributed by atoms with Gasteiger partial charge in [-0.3, -0.25) is 4.79 Å². The zero-order valence-electron chi connectivity index (χ0n) is 19.8. The van der Waals surface area contributed by atoms with Crippen LogP contribution in [0.3, 0.4) is 0 Å². The van der Waals surface area contributed by atoms with Gasteiger partial charge in [-0.25, -0.2) is 9.97 Å². The third-order valence-electron chi connectivity index (χ3n) is 5.87. The fourth-order valence-corrected chi connectivity index (χ4v) is 4.25. The maximum Gasteiger partial charge on any atom is 0.249 e. The van der Waals surface area contributed by atoms with E-state index in [2.05, 4.69) is 34.0 Å². The number of benzene rings is 2. The fourth-order valence-electron chi connectivity index (χ4n) is 4.25. The van der Waals surface area contributed by atoms with Gasteiger partial charge in [0.15, 0.2) is 0 Å². The molecule has 0 fully saturated rings. The van der Waals surface area contributed by atoms with Gasteiger partial charge < -0.3 is 24.6 Å². The van der Waals surface area contributed by atoms with Crippen molar-refractivity contribution >= 4 is 28.9 Å². The molecule has 0 radical (unpaired) electrons. The lowest BCUT2D eigenvalue weighted by atomic mass is 10.0. The van der Waals surface area contributed by atoms with Crippen LogP contribution in [-0.2, 0) is 4.79 Å². The second-order valence-electron chi connectivity index (χ2n) is 8.23. The van der Waals surface area contributed by atoms with Crippen molar-refractivity contribution in [2.45, 2.75) is 32.9 Å². The maximum atomic E-state index is 12.7. The average molecular weight is 448 g/mol. The summed E-state index contributed by atoms with van der Waals surface area (Å²) in [5, 5.41) is 3.31. The van der Waals surface area contributed by atoms with Crippen molar-refractivity contribution in [2.24, 2.45) is 0 Å². The van der Waals surface area contributed by atoms with Crippen LogP contribution in [0.4, 0.5) is 23.0 Å². The van der Waals surface area contributed by atoms with Gasteiger partial charge in [0, 0.05) is 36.6 Å². The summed E-state index contributed by atoms with van der Waals surface area (Å²) in [6.45, 7) is 6.12. The third-order valence-corrected chi connectivity index (χ3v) is 5.87. The van der Waals surface area contributed by atoms with E-state index in [1.807, 2.05) is 56.4 Å². The molecule has 1 N–H and O–H groups in total. The van der Waals surface area contributed by atoms with Gasteiger partial charge in [0.1, 0.15) is 17.5 Å². The van der Waals surface area contributed by atoms with Crippen molar-refractivity contribution in [3.63, 3.8) is 0 Å². The minimum atomic E-state index is -0.236. The number of anilines is 4. The smallest absolute Gasteiger partial charge is 0.249 e. The molecule has 1 aromatic heterocycles. The molecule has 0 saturated heterocycles. The standard InChI is InChI=1S/C25H29N5O3/c1-15(2)30-16(3)24(31)29(4)21-10-7-17(13-22(21)30)27-25-26-12-11-20(28-25)19-9-8-18(32-5)14-23(19)33-6/h7-16H,1-6H3,(H,26,27,28). The molecule has 1 unspecified atom stereocenters. The summed E-state index contributed by atoms with van der Waals surface area (Å²) in [6.07, 6.45) is 1.71. The van der Waals surface area contributed by atoms with Crippen molar-refractivity contribution in [1.82, 2.24) is 9.97 Å². The molecule has 1 aliphatic heterocycles. The maximum absolute atomic E-state index is 12.7. The molecule has 0 spiro atoms. The first-order chi connectivity index (χ1) is 15.8. The first-order valence-corrected chi connectivity index (χ1v) is 10.9. The summed E-state index contributed by atoms with van der Waals surface area (Å²) in [7, 11) is 5.06. The lowest BCUT2D eigenvalue weighted by Crippen LogP contribution is -2.53. The molecular formula is C25H29N5O3. The average Bonchev–Trinajstić information content (AvgIpc) is 2.82. The van der Waals surface area contributed by atoms with Crippen LogP contribution in [0.1, 0.15) is 20.8 Å². The van der Waals surface area contributed by atoms with Crippen molar-refractivity contribution in [1.29, 1.82) is 0 Å². The zero-order valence-corrected chi connectivity index (χ0v) is 19.8. The molecular weight excluding hydrogens is 418 g/mol. The Bertz CT molecular complexity index is 1180. The van der Waals surface area contributed by atoms with Gasteiger partial charge in [-0.15, -0.1) is 0 Å². The summed E-state index contributed by atoms with van der Waals surface area (Å²) in [5.74, 6) is 1.93. The minimum absolute atomic E-state index is 0.0846. The number of carbonyl (C=O) groups excluding carboxylic acids is 1. The number of hydrogen-bond acceptors (Lipinski definition) is 7. The Balaban J connectivity index is 1.67. The molecule has 0 bridgehead atoms. The number of methoxy groups -OCH3 is 2. The molecule has 33 heavy (non-hydrogen) atoms. The van der Waals surface area contributed by atoms with Crippen LogP contribution in [0, 0.1) is 0 Å². The number of likely N-dealkylation sites (N-methyl/N-ethyl adjacent to an activating group) is 1. The van der Waals surface area contributed by atoms with Crippen molar-refractivity contribution in [2.75, 3.05) is 36.4 Å². The number of fused-ring (bicyclic) bond motifs is 1. The summed E-state index contributed by atoms with van der Waals surface area (Å²) < 4.78 is 10.8. The fraction of sp³-hybridized carbons (Fsp3) is 0.320. The number of nitrogens with zero attached hydrogens (tertiary/aromatic N) is 4. The number of hydrogen-bond donors (Lipinski definition) is 1. The molecule has 1 aliphatic rings. The number of amides is 1. The second kappa shape index (κ2) is 8.97. The number of nitrogens with one attached hydrogen (secondary N) is 1. The van der Waals surface area contributed by atoms with Gasteiger partial charge in [0.25, 0.3) is 0 Å². The Labute approximate surface area is 194 Å². The van der Waals surface area contributed by atoms with E-state index in [4.69, 9.17) is 9.47 Å². The Morgan fingerprint density at radius 2 is 1.82 bits per heavy atom. The Hall–Kier alpha value is -3.81. The Morgan fingerprint density at radius 1 is 1.03 bits per heavy atom. The lowest BCUT2D eigenvalue weighted by Gasteiger charge is -2.42. The molecule has 2 aromatic carbocycles. The quantitative estimate of drug-likeness (QED) is 0.597. The van der Waals surface area contributed by atoms with Crippen molar-refractivity contribution in [3.8, 4) is 22.8 Å². The first kappa shape index (κ1) is 22.4. The van der Waals surface area contributed by atoms with E-state index >= 15 is 0 Å². The van der Waals surface area contributed by atoms with Gasteiger partial charge in [-0.1, -0.05) is 0 Å². The van der Waals surface area contributed by atoms with Gasteiger partial charge in [-0.05, 0) is 57.2 Å². The van der Waals surface area contributed by atoms with Gasteiger partial charge in [0.2, 0.25) is 11.9 Å². The van der Waals surface area contributed by atoms with Gasteiger partial charge >= 0.3 is 0 Å². The van der Waals surface area contributed by atoms with Crippen LogP contribution >= 0.6 is 0 Å². The van der Waals surface area contributed by atoms with Crippen LogP contribution in [0.2, 0.25) is 0 Å². The number of carbonyl (C=O) groups is 1. The summed E-state index contributed by atoms with van der Waals surface area (Å²) in [4.78, 5) is 25.6. The van der Waals surface area contributed by atoms with E-state index in [0.717, 1.165) is 28.3 Å². The SMILES string of the molecule is COc1ccc(-c2ccnc(Nc3ccc4c(c3)N(C(C)C)C(C)C(=O)N4C)n2)c(OC)c1. The predicted octanol–water partition coefficient (Wildman–Crippen LogP) is 4.48. The monoisotopic (exact) mass is 447 g/mol. The molecule has 1 amide bonds. The molecule has 172 valence electrons. The molecule has 0 aliphatic carbocycles. The summed E-state index contributed by atoms with van der Waals surface area (Å²) in [5.41, 5.74) is 4.29. The highest BCUT2D eigenvalue weighted by atomic mass is 16.5. The topological polar surface area (TPSA) is 79.8 Å². The van der Waals surface area contributed by atoms with E-state index in [1.165, 1.54) is 0 Å². The van der Waals surface area contributed by atoms with E-state index in [1.54, 1.807) is 25.3 Å². The summed E-state index contributed by atoms with van der Waals surface area (Å²) >= 11 is 0. The van der Waals surface area contributed by atoms with Crippen LogP contribution in [-0.4, -0.2) is 49.2 Å². The van der Waals surface area contributed by atoms with E-state index in [9.17, 15) is 4.79 Å². The van der Waals surface area contributed by atoms with E-state index in [-0.39, 0.29) is 18.0 Å². The highest BCUT2D eigenvalue weighted by molar-refractivity contribution is 6.05. The molecule has 2 heterocycles. The largest absolute Gasteiger partial charge is 0.497 e. The Morgan fingerprint density at radius 3 is 2.52 bits per heavy atom. The van der Waals surface area contributed by atoms with Crippen LogP contribution < -0.4 is 24.6 Å². The van der Waals surface area contributed by atoms with Gasteiger partial charge in [-0.2, -0.15) is 0 Å². The Kier molecular flexibility index (Phi) is 6.09. The zero-order chi connectivity index (χ0) is 23.7.